The summed E-state index contributed by atoms with van der Waals surface area (Å²) >= 11 is 0. The molecule has 2 fully saturated rings. The number of hydrogen-bond donors (Lipinski definition) is 1. The molecule has 4 heteroatoms. The van der Waals surface area contributed by atoms with Crippen LogP contribution in [0.25, 0.3) is 0 Å². The first kappa shape index (κ1) is 21.1. The normalized spacial score (nSPS) is 21.8. The SMILES string of the molecule is C[C@@H]1CCCN(Cc2ccc(C(=O)NCC3(c4ccccc4)CCOCC3)cc2)C1. The van der Waals surface area contributed by atoms with Gasteiger partial charge >= 0.3 is 0 Å². The third kappa shape index (κ3) is 5.11. The first-order valence-corrected chi connectivity index (χ1v) is 11.4. The Bertz CT molecular complexity index is 813. The zero-order chi connectivity index (χ0) is 20.8. The molecule has 2 heterocycles. The van der Waals surface area contributed by atoms with Gasteiger partial charge in [0.2, 0.25) is 0 Å². The van der Waals surface area contributed by atoms with Crippen LogP contribution in [0.2, 0.25) is 0 Å². The molecule has 0 saturated carbocycles. The zero-order valence-corrected chi connectivity index (χ0v) is 18.1. The number of nitrogens with one attached hydrogen (secondary N) is 1. The molecule has 2 aliphatic rings. The largest absolute Gasteiger partial charge is 0.381 e. The highest BCUT2D eigenvalue weighted by molar-refractivity contribution is 5.94. The lowest BCUT2D eigenvalue weighted by Crippen LogP contribution is -2.44. The van der Waals surface area contributed by atoms with E-state index in [2.05, 4.69) is 53.5 Å². The van der Waals surface area contributed by atoms with Gasteiger partial charge in [-0.05, 0) is 61.4 Å². The highest BCUT2D eigenvalue weighted by atomic mass is 16.5. The van der Waals surface area contributed by atoms with Crippen LogP contribution in [-0.4, -0.2) is 43.7 Å². The summed E-state index contributed by atoms with van der Waals surface area (Å²) in [6.07, 6.45) is 4.50. The van der Waals surface area contributed by atoms with Crippen LogP contribution in [0.5, 0.6) is 0 Å². The number of carbonyl (C=O) groups is 1. The summed E-state index contributed by atoms with van der Waals surface area (Å²) < 4.78 is 5.60. The maximum absolute atomic E-state index is 12.9. The van der Waals surface area contributed by atoms with E-state index in [0.29, 0.717) is 6.54 Å². The minimum absolute atomic E-state index is 0.00921. The van der Waals surface area contributed by atoms with Crippen molar-refractivity contribution in [2.24, 2.45) is 5.92 Å². The monoisotopic (exact) mass is 406 g/mol. The first-order valence-electron chi connectivity index (χ1n) is 11.4. The van der Waals surface area contributed by atoms with E-state index < -0.39 is 0 Å². The van der Waals surface area contributed by atoms with Crippen LogP contribution >= 0.6 is 0 Å². The van der Waals surface area contributed by atoms with Crippen molar-refractivity contribution in [2.45, 2.75) is 44.6 Å². The molecule has 0 unspecified atom stereocenters. The Morgan fingerprint density at radius 1 is 1.10 bits per heavy atom. The van der Waals surface area contributed by atoms with Gasteiger partial charge in [0.05, 0.1) is 0 Å². The molecule has 0 aliphatic carbocycles. The van der Waals surface area contributed by atoms with Crippen molar-refractivity contribution in [3.8, 4) is 0 Å². The van der Waals surface area contributed by atoms with Gasteiger partial charge in [-0.2, -0.15) is 0 Å². The number of rotatable bonds is 6. The van der Waals surface area contributed by atoms with E-state index in [-0.39, 0.29) is 11.3 Å². The molecule has 2 aliphatic heterocycles. The highest BCUT2D eigenvalue weighted by Crippen LogP contribution is 2.34. The summed E-state index contributed by atoms with van der Waals surface area (Å²) in [4.78, 5) is 15.4. The molecule has 0 aromatic heterocycles. The second-order valence-corrected chi connectivity index (χ2v) is 9.12. The van der Waals surface area contributed by atoms with Crippen molar-refractivity contribution >= 4 is 5.91 Å². The fourth-order valence-corrected chi connectivity index (χ4v) is 4.92. The fraction of sp³-hybridized carbons (Fsp3) is 0.500. The molecule has 2 aromatic carbocycles. The average Bonchev–Trinajstić information content (AvgIpc) is 2.79. The molecule has 0 spiro atoms. The summed E-state index contributed by atoms with van der Waals surface area (Å²) in [6, 6.07) is 18.7. The molecule has 30 heavy (non-hydrogen) atoms. The van der Waals surface area contributed by atoms with Gasteiger partial charge in [0.1, 0.15) is 0 Å². The predicted octanol–water partition coefficient (Wildman–Crippen LogP) is 4.40. The maximum atomic E-state index is 12.9. The second kappa shape index (κ2) is 9.76. The predicted molar refractivity (Wildman–Crippen MR) is 121 cm³/mol. The lowest BCUT2D eigenvalue weighted by molar-refractivity contribution is 0.0487. The first-order chi connectivity index (χ1) is 14.6. The summed E-state index contributed by atoms with van der Waals surface area (Å²) in [5, 5.41) is 3.21. The van der Waals surface area contributed by atoms with E-state index in [0.717, 1.165) is 44.1 Å². The Balaban J connectivity index is 1.37. The third-order valence-electron chi connectivity index (χ3n) is 6.79. The lowest BCUT2D eigenvalue weighted by atomic mass is 9.74. The molecule has 160 valence electrons. The van der Waals surface area contributed by atoms with Crippen molar-refractivity contribution in [2.75, 3.05) is 32.8 Å². The van der Waals surface area contributed by atoms with Crippen LogP contribution in [0, 0.1) is 5.92 Å². The van der Waals surface area contributed by atoms with Crippen molar-refractivity contribution in [3.05, 3.63) is 71.3 Å². The van der Waals surface area contributed by atoms with Crippen LogP contribution in [0.15, 0.2) is 54.6 Å². The molecule has 1 N–H and O–H groups in total. The number of hydrogen-bond acceptors (Lipinski definition) is 3. The van der Waals surface area contributed by atoms with Crippen LogP contribution in [0.1, 0.15) is 54.1 Å². The Kier molecular flexibility index (Phi) is 6.86. The van der Waals surface area contributed by atoms with E-state index in [9.17, 15) is 4.79 Å². The number of benzene rings is 2. The number of nitrogens with zero attached hydrogens (tertiary/aromatic N) is 1. The molecule has 0 radical (unpaired) electrons. The smallest absolute Gasteiger partial charge is 0.251 e. The van der Waals surface area contributed by atoms with Gasteiger partial charge in [-0.3, -0.25) is 9.69 Å². The Hall–Kier alpha value is -2.17. The standard InChI is InChI=1S/C26H34N2O2/c1-21-6-5-15-28(18-21)19-22-9-11-23(12-10-22)25(29)27-20-26(13-16-30-17-14-26)24-7-3-2-4-8-24/h2-4,7-12,21H,5-6,13-20H2,1H3,(H,27,29)/t21-/m1/s1. The van der Waals surface area contributed by atoms with Crippen LogP contribution in [-0.2, 0) is 16.7 Å². The van der Waals surface area contributed by atoms with Gasteiger partial charge in [0, 0.05) is 43.8 Å². The van der Waals surface area contributed by atoms with E-state index in [1.54, 1.807) is 0 Å². The third-order valence-corrected chi connectivity index (χ3v) is 6.79. The van der Waals surface area contributed by atoms with Gasteiger partial charge in [-0.25, -0.2) is 0 Å². The van der Waals surface area contributed by atoms with E-state index in [4.69, 9.17) is 4.74 Å². The molecule has 0 bridgehead atoms. The van der Waals surface area contributed by atoms with E-state index in [1.807, 2.05) is 18.2 Å². The summed E-state index contributed by atoms with van der Waals surface area (Å²) in [7, 11) is 0. The van der Waals surface area contributed by atoms with Crippen molar-refractivity contribution in [1.29, 1.82) is 0 Å². The van der Waals surface area contributed by atoms with Crippen LogP contribution < -0.4 is 5.32 Å². The summed E-state index contributed by atoms with van der Waals surface area (Å²) in [5.41, 5.74) is 3.27. The Morgan fingerprint density at radius 2 is 1.83 bits per heavy atom. The number of carbonyl (C=O) groups excluding carboxylic acids is 1. The molecule has 2 aromatic rings. The Morgan fingerprint density at radius 3 is 2.53 bits per heavy atom. The van der Waals surface area contributed by atoms with Gasteiger partial charge in [-0.1, -0.05) is 49.4 Å². The molecule has 2 saturated heterocycles. The molecular formula is C26H34N2O2. The summed E-state index contributed by atoms with van der Waals surface area (Å²) in [5.74, 6) is 0.792. The minimum atomic E-state index is -0.0416. The molecule has 1 atom stereocenters. The van der Waals surface area contributed by atoms with Gasteiger partial charge in [-0.15, -0.1) is 0 Å². The number of amides is 1. The van der Waals surface area contributed by atoms with Crippen molar-refractivity contribution < 1.29 is 9.53 Å². The van der Waals surface area contributed by atoms with E-state index >= 15 is 0 Å². The molecule has 1 amide bonds. The fourth-order valence-electron chi connectivity index (χ4n) is 4.92. The van der Waals surface area contributed by atoms with Crippen LogP contribution in [0.3, 0.4) is 0 Å². The number of piperidine rings is 1. The second-order valence-electron chi connectivity index (χ2n) is 9.12. The van der Waals surface area contributed by atoms with E-state index in [1.165, 1.54) is 37.1 Å². The van der Waals surface area contributed by atoms with Gasteiger partial charge in [0.15, 0.2) is 0 Å². The summed E-state index contributed by atoms with van der Waals surface area (Å²) in [6.45, 7) is 7.80. The van der Waals surface area contributed by atoms with Crippen LogP contribution in [0.4, 0.5) is 0 Å². The minimum Gasteiger partial charge on any atom is -0.381 e. The lowest BCUT2D eigenvalue weighted by Gasteiger charge is -2.38. The van der Waals surface area contributed by atoms with Crippen molar-refractivity contribution in [1.82, 2.24) is 10.2 Å². The highest BCUT2D eigenvalue weighted by Gasteiger charge is 2.34. The topological polar surface area (TPSA) is 41.6 Å². The molecular weight excluding hydrogens is 372 g/mol. The maximum Gasteiger partial charge on any atom is 0.251 e. The quantitative estimate of drug-likeness (QED) is 0.773. The van der Waals surface area contributed by atoms with Gasteiger partial charge in [0.25, 0.3) is 5.91 Å². The Labute approximate surface area is 180 Å². The van der Waals surface area contributed by atoms with Gasteiger partial charge < -0.3 is 10.1 Å². The molecule has 4 rings (SSSR count). The average molecular weight is 407 g/mol. The number of ether oxygens (including phenoxy) is 1. The zero-order valence-electron chi connectivity index (χ0n) is 18.1. The molecule has 4 nitrogen and oxygen atoms in total. The number of likely N-dealkylation sites (tertiary alicyclic amines) is 1. The van der Waals surface area contributed by atoms with Crippen molar-refractivity contribution in [3.63, 3.8) is 0 Å².